The van der Waals surface area contributed by atoms with Crippen LogP contribution >= 0.6 is 0 Å². The smallest absolute Gasteiger partial charge is 0.401 e. The summed E-state index contributed by atoms with van der Waals surface area (Å²) in [7, 11) is 3.78. The van der Waals surface area contributed by atoms with Crippen molar-refractivity contribution < 1.29 is 27.8 Å². The van der Waals surface area contributed by atoms with Gasteiger partial charge in [-0.2, -0.15) is 13.2 Å². The van der Waals surface area contributed by atoms with Crippen LogP contribution in [0.2, 0.25) is 0 Å². The molecular weight excluding hydrogens is 513 g/mol. The topological polar surface area (TPSA) is 86.2 Å². The third kappa shape index (κ3) is 8.17. The highest BCUT2D eigenvalue weighted by molar-refractivity contribution is 5.64. The molecule has 12 heteroatoms. The van der Waals surface area contributed by atoms with E-state index < -0.39 is 18.8 Å². The van der Waals surface area contributed by atoms with E-state index >= 15 is 0 Å². The van der Waals surface area contributed by atoms with E-state index in [-0.39, 0.29) is 18.7 Å². The zero-order valence-corrected chi connectivity index (χ0v) is 22.8. The second-order valence-electron chi connectivity index (χ2n) is 10.3. The van der Waals surface area contributed by atoms with Crippen molar-refractivity contribution >= 4 is 11.6 Å². The van der Waals surface area contributed by atoms with Crippen LogP contribution in [0.1, 0.15) is 19.8 Å². The second kappa shape index (κ2) is 13.1. The minimum absolute atomic E-state index is 0.142. The van der Waals surface area contributed by atoms with Crippen LogP contribution in [-0.2, 0) is 4.74 Å². The number of rotatable bonds is 10. The molecule has 2 N–H and O–H groups in total. The van der Waals surface area contributed by atoms with E-state index in [2.05, 4.69) is 10.2 Å². The van der Waals surface area contributed by atoms with Crippen molar-refractivity contribution in [3.63, 3.8) is 0 Å². The Labute approximate surface area is 227 Å². The van der Waals surface area contributed by atoms with Crippen molar-refractivity contribution in [2.75, 3.05) is 76.4 Å². The third-order valence-corrected chi connectivity index (χ3v) is 7.24. The molecule has 2 fully saturated rings. The van der Waals surface area contributed by atoms with Crippen LogP contribution in [0.5, 0.6) is 5.75 Å². The molecule has 2 aromatic rings. The minimum atomic E-state index is -4.23. The fraction of sp³-hybridized carbons (Fsp3) is 0.630. The number of hydrogen-bond donors (Lipinski definition) is 2. The molecule has 4 rings (SSSR count). The van der Waals surface area contributed by atoms with Crippen LogP contribution in [0.15, 0.2) is 30.3 Å². The van der Waals surface area contributed by atoms with Gasteiger partial charge in [0, 0.05) is 70.2 Å². The molecule has 2 atom stereocenters. The maximum atomic E-state index is 13.0. The summed E-state index contributed by atoms with van der Waals surface area (Å²) in [5.41, 5.74) is 0.753. The standard InChI is InChI=1S/C27H39F3N6O3/c1-19-16-35(9-10-36(19)18-27(28,29)30)25-14-24(34(3)21-7-11-38-12-8-21)32-26(33-25)20-5-4-6-23(13-20)39-17-22(37)15-31-2/h4-6,13-14,19,21-22,31,37H,7-12,15-18H2,1-3H3/t19-,22?/m0/s1. The number of aliphatic hydroxyl groups excluding tert-OH is 1. The van der Waals surface area contributed by atoms with E-state index in [0.717, 1.165) is 24.2 Å². The first-order valence-electron chi connectivity index (χ1n) is 13.4. The van der Waals surface area contributed by atoms with Crippen LogP contribution in [-0.4, -0.2) is 111 Å². The number of piperazine rings is 1. The van der Waals surface area contributed by atoms with E-state index in [1.807, 2.05) is 49.2 Å². The molecule has 0 bridgehead atoms. The highest BCUT2D eigenvalue weighted by Crippen LogP contribution is 2.30. The van der Waals surface area contributed by atoms with Crippen molar-refractivity contribution in [2.45, 2.75) is 44.1 Å². The average Bonchev–Trinajstić information content (AvgIpc) is 2.92. The molecule has 3 heterocycles. The molecule has 0 radical (unpaired) electrons. The van der Waals surface area contributed by atoms with Gasteiger partial charge in [0.25, 0.3) is 0 Å². The molecule has 0 amide bonds. The summed E-state index contributed by atoms with van der Waals surface area (Å²) in [6.45, 7) is 4.01. The normalized spacial score (nSPS) is 20.2. The third-order valence-electron chi connectivity index (χ3n) is 7.24. The largest absolute Gasteiger partial charge is 0.491 e. The van der Waals surface area contributed by atoms with Gasteiger partial charge < -0.3 is 29.7 Å². The zero-order chi connectivity index (χ0) is 28.0. The fourth-order valence-corrected chi connectivity index (χ4v) is 5.03. The lowest BCUT2D eigenvalue weighted by Gasteiger charge is -2.41. The van der Waals surface area contributed by atoms with E-state index in [4.69, 9.17) is 19.4 Å². The molecule has 216 valence electrons. The SMILES string of the molecule is CNCC(O)COc1cccc(-c2nc(N3CCN(CC(F)(F)F)[C@@H](C)C3)cc(N(C)C3CCOCC3)n2)c1. The van der Waals surface area contributed by atoms with E-state index in [1.54, 1.807) is 7.05 Å². The van der Waals surface area contributed by atoms with Gasteiger partial charge in [-0.15, -0.1) is 0 Å². The Morgan fingerprint density at radius 1 is 1.21 bits per heavy atom. The lowest BCUT2D eigenvalue weighted by atomic mass is 10.1. The molecule has 2 saturated heterocycles. The Kier molecular flexibility index (Phi) is 9.86. The Balaban J connectivity index is 1.61. The average molecular weight is 553 g/mol. The first kappa shape index (κ1) is 29.3. The summed E-state index contributed by atoms with van der Waals surface area (Å²) < 4.78 is 50.5. The molecule has 1 unspecified atom stereocenters. The number of benzene rings is 1. The molecule has 2 aliphatic heterocycles. The molecule has 1 aromatic carbocycles. The summed E-state index contributed by atoms with van der Waals surface area (Å²) >= 11 is 0. The van der Waals surface area contributed by atoms with E-state index in [9.17, 15) is 18.3 Å². The number of likely N-dealkylation sites (N-methyl/N-ethyl adjacent to an activating group) is 1. The summed E-state index contributed by atoms with van der Waals surface area (Å²) in [5.74, 6) is 2.53. The Hall–Kier alpha value is -2.67. The number of hydrogen-bond acceptors (Lipinski definition) is 9. The number of aliphatic hydroxyl groups is 1. The minimum Gasteiger partial charge on any atom is -0.491 e. The number of ether oxygens (including phenoxy) is 2. The number of nitrogens with one attached hydrogen (secondary N) is 1. The van der Waals surface area contributed by atoms with Crippen molar-refractivity contribution in [3.05, 3.63) is 30.3 Å². The summed E-state index contributed by atoms with van der Waals surface area (Å²) in [6, 6.07) is 9.32. The lowest BCUT2D eigenvalue weighted by molar-refractivity contribution is -0.150. The number of nitrogens with zero attached hydrogens (tertiary/aromatic N) is 5. The molecule has 2 aliphatic rings. The lowest BCUT2D eigenvalue weighted by Crippen LogP contribution is -2.54. The molecule has 0 saturated carbocycles. The number of anilines is 2. The van der Waals surface area contributed by atoms with Crippen molar-refractivity contribution in [3.8, 4) is 17.1 Å². The molecule has 0 aliphatic carbocycles. The Morgan fingerprint density at radius 2 is 1.97 bits per heavy atom. The van der Waals surface area contributed by atoms with Gasteiger partial charge in [-0.25, -0.2) is 9.97 Å². The summed E-state index contributed by atoms with van der Waals surface area (Å²) in [5, 5.41) is 12.9. The van der Waals surface area contributed by atoms with Crippen LogP contribution in [0.25, 0.3) is 11.4 Å². The molecular formula is C27H39F3N6O3. The van der Waals surface area contributed by atoms with Crippen LogP contribution in [0.4, 0.5) is 24.8 Å². The van der Waals surface area contributed by atoms with Crippen LogP contribution in [0.3, 0.4) is 0 Å². The summed E-state index contributed by atoms with van der Waals surface area (Å²) in [4.78, 5) is 15.4. The quantitative estimate of drug-likeness (QED) is 0.462. The number of alkyl halides is 3. The Morgan fingerprint density at radius 3 is 2.67 bits per heavy atom. The summed E-state index contributed by atoms with van der Waals surface area (Å²) in [6.07, 6.45) is -3.10. The maximum absolute atomic E-state index is 13.0. The van der Waals surface area contributed by atoms with Crippen molar-refractivity contribution in [1.82, 2.24) is 20.2 Å². The van der Waals surface area contributed by atoms with Gasteiger partial charge in [0.2, 0.25) is 0 Å². The van der Waals surface area contributed by atoms with Gasteiger partial charge in [0.15, 0.2) is 5.82 Å². The van der Waals surface area contributed by atoms with Gasteiger partial charge in [-0.1, -0.05) is 12.1 Å². The second-order valence-corrected chi connectivity index (χ2v) is 10.3. The van der Waals surface area contributed by atoms with Gasteiger partial charge in [-0.05, 0) is 38.9 Å². The first-order valence-corrected chi connectivity index (χ1v) is 13.4. The number of aromatic nitrogens is 2. The number of halogens is 3. The Bertz CT molecular complexity index is 1070. The van der Waals surface area contributed by atoms with Crippen molar-refractivity contribution in [2.24, 2.45) is 0 Å². The fourth-order valence-electron chi connectivity index (χ4n) is 5.03. The van der Waals surface area contributed by atoms with Gasteiger partial charge in [0.05, 0.1) is 6.54 Å². The predicted molar refractivity (Wildman–Crippen MR) is 144 cm³/mol. The maximum Gasteiger partial charge on any atom is 0.401 e. The highest BCUT2D eigenvalue weighted by atomic mass is 19.4. The van der Waals surface area contributed by atoms with Gasteiger partial charge >= 0.3 is 6.18 Å². The van der Waals surface area contributed by atoms with Gasteiger partial charge in [0.1, 0.15) is 30.1 Å². The van der Waals surface area contributed by atoms with Crippen molar-refractivity contribution in [1.29, 1.82) is 0 Å². The van der Waals surface area contributed by atoms with Crippen LogP contribution in [0, 0.1) is 0 Å². The zero-order valence-electron chi connectivity index (χ0n) is 22.8. The first-order chi connectivity index (χ1) is 18.6. The van der Waals surface area contributed by atoms with Gasteiger partial charge in [-0.3, -0.25) is 4.90 Å². The molecule has 9 nitrogen and oxygen atoms in total. The molecule has 39 heavy (non-hydrogen) atoms. The molecule has 0 spiro atoms. The van der Waals surface area contributed by atoms with E-state index in [1.165, 1.54) is 4.90 Å². The monoisotopic (exact) mass is 552 g/mol. The molecule has 1 aromatic heterocycles. The predicted octanol–water partition coefficient (Wildman–Crippen LogP) is 2.79. The highest BCUT2D eigenvalue weighted by Gasteiger charge is 2.35. The van der Waals surface area contributed by atoms with E-state index in [0.29, 0.717) is 56.8 Å². The van der Waals surface area contributed by atoms with Crippen LogP contribution < -0.4 is 19.9 Å².